The van der Waals surface area contributed by atoms with Crippen LogP contribution in [-0.2, 0) is 14.3 Å². The molecule has 0 bridgehead atoms. The van der Waals surface area contributed by atoms with Crippen LogP contribution < -0.4 is 20.7 Å². The van der Waals surface area contributed by atoms with Crippen molar-refractivity contribution in [1.82, 2.24) is 10.2 Å². The van der Waals surface area contributed by atoms with Gasteiger partial charge in [-0.25, -0.2) is 9.59 Å². The van der Waals surface area contributed by atoms with Crippen molar-refractivity contribution in [3.8, 4) is 16.9 Å². The molecule has 0 heterocycles. The first-order chi connectivity index (χ1) is 19.4. The number of benzene rings is 3. The van der Waals surface area contributed by atoms with Crippen LogP contribution in [0.3, 0.4) is 0 Å². The van der Waals surface area contributed by atoms with Crippen molar-refractivity contribution in [2.24, 2.45) is 0 Å². The first kappa shape index (κ1) is 30.7. The molecule has 10 nitrogen and oxygen atoms in total. The number of urea groups is 1. The number of esters is 1. The molecule has 216 valence electrons. The predicted molar refractivity (Wildman–Crippen MR) is 158 cm³/mol. The average Bonchev–Trinajstić information content (AvgIpc) is 2.93. The SMILES string of the molecule is COC(=O)[C@H](CC(=O)N(C)C)NC(=O)c1ccc(-c2ccc(OC)cc2)cc1NC(=O)Nc1c(C)cc(C)cc1C. The number of nitrogens with one attached hydrogen (secondary N) is 3. The van der Waals surface area contributed by atoms with Gasteiger partial charge in [0.05, 0.1) is 31.9 Å². The Hall–Kier alpha value is -4.86. The molecule has 0 fully saturated rings. The van der Waals surface area contributed by atoms with Gasteiger partial charge in [0, 0.05) is 19.8 Å². The Morgan fingerprint density at radius 3 is 2.00 bits per heavy atom. The molecule has 0 spiro atoms. The number of methoxy groups -OCH3 is 2. The topological polar surface area (TPSA) is 126 Å². The summed E-state index contributed by atoms with van der Waals surface area (Å²) in [5.41, 5.74) is 5.40. The van der Waals surface area contributed by atoms with Gasteiger partial charge in [-0.15, -0.1) is 0 Å². The molecule has 0 unspecified atom stereocenters. The lowest BCUT2D eigenvalue weighted by Crippen LogP contribution is -2.44. The van der Waals surface area contributed by atoms with Gasteiger partial charge in [-0.05, 0) is 67.3 Å². The molecule has 1 atom stereocenters. The third-order valence-electron chi connectivity index (χ3n) is 6.52. The van der Waals surface area contributed by atoms with Crippen LogP contribution in [0.15, 0.2) is 54.6 Å². The van der Waals surface area contributed by atoms with Crippen molar-refractivity contribution in [1.29, 1.82) is 0 Å². The zero-order chi connectivity index (χ0) is 30.3. The quantitative estimate of drug-likeness (QED) is 0.326. The van der Waals surface area contributed by atoms with E-state index < -0.39 is 23.9 Å². The maximum atomic E-state index is 13.4. The smallest absolute Gasteiger partial charge is 0.328 e. The molecular weight excluding hydrogens is 524 g/mol. The van der Waals surface area contributed by atoms with Crippen molar-refractivity contribution >= 4 is 35.2 Å². The van der Waals surface area contributed by atoms with Gasteiger partial charge in [0.25, 0.3) is 5.91 Å². The summed E-state index contributed by atoms with van der Waals surface area (Å²) in [6.07, 6.45) is -0.287. The number of anilines is 2. The molecule has 0 saturated heterocycles. The first-order valence-corrected chi connectivity index (χ1v) is 13.0. The standard InChI is InChI=1S/C31H36N4O6/c1-18-14-19(2)28(20(3)15-18)34-31(39)33-25-16-22(21-8-11-23(40-6)12-9-21)10-13-24(25)29(37)32-26(30(38)41-7)17-27(36)35(4)5/h8-16,26H,17H2,1-7H3,(H,32,37)(H2,33,34,39)/t26-/m0/s1. The molecule has 10 heteroatoms. The molecule has 0 aliphatic heterocycles. The van der Waals surface area contributed by atoms with Gasteiger partial charge < -0.3 is 30.3 Å². The highest BCUT2D eigenvalue weighted by Gasteiger charge is 2.27. The minimum Gasteiger partial charge on any atom is -0.497 e. The highest BCUT2D eigenvalue weighted by molar-refractivity contribution is 6.08. The summed E-state index contributed by atoms with van der Waals surface area (Å²) in [5, 5.41) is 8.25. The lowest BCUT2D eigenvalue weighted by atomic mass is 10.0. The number of hydrogen-bond acceptors (Lipinski definition) is 6. The molecule has 41 heavy (non-hydrogen) atoms. The van der Waals surface area contributed by atoms with Crippen molar-refractivity contribution in [3.63, 3.8) is 0 Å². The fourth-order valence-corrected chi connectivity index (χ4v) is 4.38. The first-order valence-electron chi connectivity index (χ1n) is 13.0. The number of ether oxygens (including phenoxy) is 2. The van der Waals surface area contributed by atoms with E-state index in [2.05, 4.69) is 16.0 Å². The molecule has 0 aromatic heterocycles. The summed E-state index contributed by atoms with van der Waals surface area (Å²) < 4.78 is 10.0. The van der Waals surface area contributed by atoms with E-state index in [1.54, 1.807) is 51.5 Å². The molecule has 0 saturated carbocycles. The van der Waals surface area contributed by atoms with Gasteiger partial charge in [-0.2, -0.15) is 0 Å². The number of rotatable bonds is 9. The van der Waals surface area contributed by atoms with Crippen molar-refractivity contribution in [2.45, 2.75) is 33.2 Å². The Bertz CT molecular complexity index is 1430. The largest absolute Gasteiger partial charge is 0.497 e. The molecule has 4 amide bonds. The van der Waals surface area contributed by atoms with Crippen LogP contribution in [-0.4, -0.2) is 63.1 Å². The Kier molecular flexibility index (Phi) is 10.1. The number of aryl methyl sites for hydroxylation is 3. The van der Waals surface area contributed by atoms with Crippen molar-refractivity contribution in [3.05, 3.63) is 76.9 Å². The molecule has 0 aliphatic carbocycles. The normalized spacial score (nSPS) is 11.2. The van der Waals surface area contributed by atoms with Gasteiger partial charge in [-0.1, -0.05) is 35.9 Å². The molecule has 3 rings (SSSR count). The second-order valence-corrected chi connectivity index (χ2v) is 9.88. The molecule has 3 aromatic carbocycles. The van der Waals surface area contributed by atoms with Crippen LogP contribution >= 0.6 is 0 Å². The Labute approximate surface area is 240 Å². The van der Waals surface area contributed by atoms with E-state index in [0.29, 0.717) is 11.4 Å². The highest BCUT2D eigenvalue weighted by Crippen LogP contribution is 2.28. The summed E-state index contributed by atoms with van der Waals surface area (Å²) >= 11 is 0. The fraction of sp³-hybridized carbons (Fsp3) is 0.290. The van der Waals surface area contributed by atoms with E-state index in [-0.39, 0.29) is 23.6 Å². The van der Waals surface area contributed by atoms with Gasteiger partial charge in [0.15, 0.2) is 0 Å². The lowest BCUT2D eigenvalue weighted by Gasteiger charge is -2.20. The van der Waals surface area contributed by atoms with E-state index in [0.717, 1.165) is 27.8 Å². The molecule has 0 radical (unpaired) electrons. The van der Waals surface area contributed by atoms with Gasteiger partial charge in [-0.3, -0.25) is 9.59 Å². The Balaban J connectivity index is 1.97. The second-order valence-electron chi connectivity index (χ2n) is 9.88. The van der Waals surface area contributed by atoms with Crippen LogP contribution in [0, 0.1) is 20.8 Å². The second kappa shape index (κ2) is 13.5. The maximum absolute atomic E-state index is 13.4. The number of amides is 4. The lowest BCUT2D eigenvalue weighted by molar-refractivity contribution is -0.145. The number of nitrogens with zero attached hydrogens (tertiary/aromatic N) is 1. The number of hydrogen-bond donors (Lipinski definition) is 3. The van der Waals surface area contributed by atoms with Crippen LogP contribution in [0.5, 0.6) is 5.75 Å². The summed E-state index contributed by atoms with van der Waals surface area (Å²) in [6.45, 7) is 5.79. The number of carbonyl (C=O) groups is 4. The Morgan fingerprint density at radius 2 is 1.44 bits per heavy atom. The predicted octanol–water partition coefficient (Wildman–Crippen LogP) is 4.68. The highest BCUT2D eigenvalue weighted by atomic mass is 16.5. The maximum Gasteiger partial charge on any atom is 0.328 e. The van der Waals surface area contributed by atoms with E-state index in [9.17, 15) is 19.2 Å². The Morgan fingerprint density at radius 1 is 0.829 bits per heavy atom. The summed E-state index contributed by atoms with van der Waals surface area (Å²) in [4.78, 5) is 52.6. The van der Waals surface area contributed by atoms with Crippen molar-refractivity contribution in [2.75, 3.05) is 38.9 Å². The molecule has 3 N–H and O–H groups in total. The van der Waals surface area contributed by atoms with E-state index in [1.165, 1.54) is 12.0 Å². The molecule has 3 aromatic rings. The third-order valence-corrected chi connectivity index (χ3v) is 6.52. The summed E-state index contributed by atoms with van der Waals surface area (Å²) in [6, 6.07) is 14.4. The number of carbonyl (C=O) groups excluding carboxylic acids is 4. The third kappa shape index (κ3) is 7.84. The van der Waals surface area contributed by atoms with Crippen LogP contribution in [0.2, 0.25) is 0 Å². The zero-order valence-electron chi connectivity index (χ0n) is 24.4. The van der Waals surface area contributed by atoms with Crippen LogP contribution in [0.4, 0.5) is 16.2 Å². The van der Waals surface area contributed by atoms with Crippen molar-refractivity contribution < 1.29 is 28.7 Å². The van der Waals surface area contributed by atoms with Gasteiger partial charge in [0.2, 0.25) is 5.91 Å². The average molecular weight is 561 g/mol. The minimum absolute atomic E-state index is 0.0981. The summed E-state index contributed by atoms with van der Waals surface area (Å²) in [5.74, 6) is -1.10. The minimum atomic E-state index is -1.22. The van der Waals surface area contributed by atoms with E-state index >= 15 is 0 Å². The van der Waals surface area contributed by atoms with Crippen LogP contribution in [0.1, 0.15) is 33.5 Å². The molecule has 0 aliphatic rings. The van der Waals surface area contributed by atoms with E-state index in [4.69, 9.17) is 9.47 Å². The van der Waals surface area contributed by atoms with E-state index in [1.807, 2.05) is 45.0 Å². The van der Waals surface area contributed by atoms with Gasteiger partial charge in [0.1, 0.15) is 11.8 Å². The van der Waals surface area contributed by atoms with Crippen LogP contribution in [0.25, 0.3) is 11.1 Å². The fourth-order valence-electron chi connectivity index (χ4n) is 4.38. The summed E-state index contributed by atoms with van der Waals surface area (Å²) in [7, 11) is 5.86. The monoisotopic (exact) mass is 560 g/mol. The van der Waals surface area contributed by atoms with Gasteiger partial charge >= 0.3 is 12.0 Å². The molecular formula is C31H36N4O6. The zero-order valence-corrected chi connectivity index (χ0v) is 24.4.